The van der Waals surface area contributed by atoms with Crippen molar-refractivity contribution in [3.8, 4) is 0 Å². The van der Waals surface area contributed by atoms with Gasteiger partial charge in [-0.15, -0.1) is 4.68 Å². The minimum Gasteiger partial charge on any atom is -0.710 e. The standard InChI is InChI=1S/C15H20ClN3O3/c1-5-22-15(20)12-10(4)19(21)14-11(13(12)16)8-17-18(14)7-6-9(2)3/h8-9H,5-7H2,1-4H3. The highest BCUT2D eigenvalue weighted by molar-refractivity contribution is 6.38. The summed E-state index contributed by atoms with van der Waals surface area (Å²) >= 11 is 6.32. The highest BCUT2D eigenvalue weighted by Gasteiger charge is 2.26. The van der Waals surface area contributed by atoms with Crippen LogP contribution in [-0.4, -0.2) is 22.4 Å². The number of nitrogens with zero attached hydrogens (tertiary/aromatic N) is 3. The molecule has 0 aromatic carbocycles. The molecule has 0 amide bonds. The third kappa shape index (κ3) is 2.88. The number of carbonyl (C=O) groups excluding carboxylic acids is 1. The number of esters is 1. The summed E-state index contributed by atoms with van der Waals surface area (Å²) in [7, 11) is 0. The number of aromatic nitrogens is 3. The van der Waals surface area contributed by atoms with Crippen LogP contribution in [-0.2, 0) is 11.3 Å². The van der Waals surface area contributed by atoms with E-state index in [-0.39, 0.29) is 22.9 Å². The highest BCUT2D eigenvalue weighted by Crippen LogP contribution is 2.27. The van der Waals surface area contributed by atoms with Crippen molar-refractivity contribution in [1.82, 2.24) is 9.78 Å². The smallest absolute Gasteiger partial charge is 0.343 e. The maximum absolute atomic E-state index is 12.5. The average Bonchev–Trinajstić information content (AvgIpc) is 2.87. The average molecular weight is 326 g/mol. The van der Waals surface area contributed by atoms with Gasteiger partial charge in [-0.05, 0) is 26.2 Å². The Hall–Kier alpha value is -1.82. The molecule has 0 radical (unpaired) electrons. The second-order valence-electron chi connectivity index (χ2n) is 5.58. The summed E-state index contributed by atoms with van der Waals surface area (Å²) in [4.78, 5) is 12.0. The van der Waals surface area contributed by atoms with E-state index in [1.807, 2.05) is 0 Å². The monoisotopic (exact) mass is 325 g/mol. The lowest BCUT2D eigenvalue weighted by Gasteiger charge is -2.14. The fraction of sp³-hybridized carbons (Fsp3) is 0.533. The van der Waals surface area contributed by atoms with Crippen LogP contribution in [0.3, 0.4) is 0 Å². The fourth-order valence-corrected chi connectivity index (χ4v) is 2.63. The molecule has 0 spiro atoms. The third-order valence-corrected chi connectivity index (χ3v) is 3.92. The van der Waals surface area contributed by atoms with Crippen LogP contribution < -0.4 is 4.73 Å². The van der Waals surface area contributed by atoms with Crippen molar-refractivity contribution in [2.75, 3.05) is 6.61 Å². The Morgan fingerprint density at radius 3 is 2.82 bits per heavy atom. The van der Waals surface area contributed by atoms with Crippen LogP contribution in [0, 0.1) is 18.0 Å². The first-order valence-electron chi connectivity index (χ1n) is 7.32. The van der Waals surface area contributed by atoms with Crippen LogP contribution >= 0.6 is 11.6 Å². The largest absolute Gasteiger partial charge is 0.710 e. The molecule has 0 saturated carbocycles. The Morgan fingerprint density at radius 1 is 1.55 bits per heavy atom. The summed E-state index contributed by atoms with van der Waals surface area (Å²) in [5.41, 5.74) is 0.702. The van der Waals surface area contributed by atoms with Crippen molar-refractivity contribution in [2.24, 2.45) is 5.92 Å². The number of rotatable bonds is 5. The molecule has 0 atom stereocenters. The zero-order valence-electron chi connectivity index (χ0n) is 13.2. The molecule has 6 nitrogen and oxygen atoms in total. The number of ether oxygens (including phenoxy) is 1. The molecule has 0 unspecified atom stereocenters. The molecule has 120 valence electrons. The van der Waals surface area contributed by atoms with E-state index in [9.17, 15) is 10.0 Å². The molecule has 0 bridgehead atoms. The van der Waals surface area contributed by atoms with E-state index in [4.69, 9.17) is 16.3 Å². The number of fused-ring (bicyclic) bond motifs is 1. The second-order valence-corrected chi connectivity index (χ2v) is 5.95. The van der Waals surface area contributed by atoms with Crippen LogP contribution in [0.15, 0.2) is 6.20 Å². The third-order valence-electron chi connectivity index (χ3n) is 3.52. The van der Waals surface area contributed by atoms with E-state index in [2.05, 4.69) is 18.9 Å². The van der Waals surface area contributed by atoms with E-state index in [0.717, 1.165) is 6.42 Å². The van der Waals surface area contributed by atoms with Gasteiger partial charge in [0, 0.05) is 0 Å². The van der Waals surface area contributed by atoms with Crippen molar-refractivity contribution in [1.29, 1.82) is 0 Å². The molecule has 2 heterocycles. The van der Waals surface area contributed by atoms with Gasteiger partial charge in [-0.25, -0.2) is 9.52 Å². The lowest BCUT2D eigenvalue weighted by Crippen LogP contribution is -2.36. The van der Waals surface area contributed by atoms with Gasteiger partial charge in [0.2, 0.25) is 0 Å². The highest BCUT2D eigenvalue weighted by atomic mass is 35.5. The summed E-state index contributed by atoms with van der Waals surface area (Å²) in [5.74, 6) is -0.0962. The van der Waals surface area contributed by atoms with E-state index < -0.39 is 5.97 Å². The SMILES string of the molecule is CCOC(=O)c1c(Cl)c2cnn(CCC(C)C)c2[n+]([O-])c1C. The van der Waals surface area contributed by atoms with Crippen molar-refractivity contribution < 1.29 is 14.3 Å². The Morgan fingerprint density at radius 2 is 2.23 bits per heavy atom. The van der Waals surface area contributed by atoms with Gasteiger partial charge in [0.05, 0.1) is 17.8 Å². The van der Waals surface area contributed by atoms with Gasteiger partial charge < -0.3 is 9.94 Å². The molecule has 0 aliphatic heterocycles. The van der Waals surface area contributed by atoms with Gasteiger partial charge in [0.1, 0.15) is 23.2 Å². The minimum atomic E-state index is -0.591. The van der Waals surface area contributed by atoms with E-state index >= 15 is 0 Å². The van der Waals surface area contributed by atoms with Crippen LogP contribution in [0.1, 0.15) is 43.2 Å². The van der Waals surface area contributed by atoms with Gasteiger partial charge in [-0.2, -0.15) is 0 Å². The van der Waals surface area contributed by atoms with Crippen LogP contribution in [0.4, 0.5) is 0 Å². The summed E-state index contributed by atoms with van der Waals surface area (Å²) in [5, 5.41) is 17.4. The topological polar surface area (TPSA) is 71.1 Å². The van der Waals surface area contributed by atoms with Gasteiger partial charge in [0.15, 0.2) is 0 Å². The molecule has 7 heteroatoms. The molecule has 2 aromatic rings. The van der Waals surface area contributed by atoms with Crippen LogP contribution in [0.2, 0.25) is 5.02 Å². The Balaban J connectivity index is 2.59. The van der Waals surface area contributed by atoms with Crippen LogP contribution in [0.5, 0.6) is 0 Å². The summed E-state index contributed by atoms with van der Waals surface area (Å²) in [6, 6.07) is 0. The maximum Gasteiger partial charge on any atom is 0.343 e. The molecule has 0 N–H and O–H groups in total. The molecule has 0 aliphatic rings. The molecule has 22 heavy (non-hydrogen) atoms. The summed E-state index contributed by atoms with van der Waals surface area (Å²) in [6.45, 7) is 8.32. The molecule has 2 aromatic heterocycles. The quantitative estimate of drug-likeness (QED) is 0.481. The lowest BCUT2D eigenvalue weighted by atomic mass is 10.1. The molecule has 0 saturated heterocycles. The van der Waals surface area contributed by atoms with Gasteiger partial charge >= 0.3 is 11.6 Å². The van der Waals surface area contributed by atoms with Crippen molar-refractivity contribution in [3.63, 3.8) is 0 Å². The number of pyridine rings is 1. The number of hydrogen-bond acceptors (Lipinski definition) is 4. The number of carbonyl (C=O) groups is 1. The minimum absolute atomic E-state index is 0.106. The fourth-order valence-electron chi connectivity index (χ4n) is 2.29. The number of hydrogen-bond donors (Lipinski definition) is 0. The number of halogens is 1. The summed E-state index contributed by atoms with van der Waals surface area (Å²) < 4.78 is 7.32. The molecular formula is C15H20ClN3O3. The predicted octanol–water partition coefficient (Wildman–Crippen LogP) is 2.85. The molecule has 0 aliphatic carbocycles. The van der Waals surface area contributed by atoms with Gasteiger partial charge in [-0.3, -0.25) is 0 Å². The zero-order chi connectivity index (χ0) is 16.4. The van der Waals surface area contributed by atoms with E-state index in [0.29, 0.717) is 28.2 Å². The zero-order valence-corrected chi connectivity index (χ0v) is 14.0. The predicted molar refractivity (Wildman–Crippen MR) is 83.9 cm³/mol. The Labute approximate surface area is 134 Å². The van der Waals surface area contributed by atoms with E-state index in [1.54, 1.807) is 18.5 Å². The van der Waals surface area contributed by atoms with Crippen molar-refractivity contribution >= 4 is 28.6 Å². The Bertz CT molecular complexity index is 710. The Kier molecular flexibility index (Phi) is 4.90. The molecular weight excluding hydrogens is 306 g/mol. The number of aryl methyl sites for hydroxylation is 1. The van der Waals surface area contributed by atoms with Crippen LogP contribution in [0.25, 0.3) is 11.0 Å². The molecule has 0 fully saturated rings. The van der Waals surface area contributed by atoms with Gasteiger partial charge in [0.25, 0.3) is 0 Å². The van der Waals surface area contributed by atoms with Gasteiger partial charge in [-0.1, -0.05) is 30.5 Å². The first kappa shape index (κ1) is 16.5. The lowest BCUT2D eigenvalue weighted by molar-refractivity contribution is -0.587. The van der Waals surface area contributed by atoms with Crippen molar-refractivity contribution in [3.05, 3.63) is 27.7 Å². The second kappa shape index (κ2) is 6.52. The van der Waals surface area contributed by atoms with E-state index in [1.165, 1.54) is 6.20 Å². The first-order valence-corrected chi connectivity index (χ1v) is 7.70. The molecule has 2 rings (SSSR count). The first-order chi connectivity index (χ1) is 10.4. The summed E-state index contributed by atoms with van der Waals surface area (Å²) in [6.07, 6.45) is 2.42. The van der Waals surface area contributed by atoms with Crippen molar-refractivity contribution in [2.45, 2.75) is 40.7 Å². The maximum atomic E-state index is 12.5. The normalized spacial score (nSPS) is 11.4.